The summed E-state index contributed by atoms with van der Waals surface area (Å²) >= 11 is 18.0. The highest BCUT2D eigenvalue weighted by Gasteiger charge is 2.36. The molecule has 0 radical (unpaired) electrons. The number of thioether (sulfide) groups is 1. The van der Waals surface area contributed by atoms with Crippen LogP contribution in [0.5, 0.6) is 0 Å². The highest BCUT2D eigenvalue weighted by Crippen LogP contribution is 2.35. The number of carboxylic acid groups (broad SMARTS) is 1. The van der Waals surface area contributed by atoms with Crippen LogP contribution >= 0.6 is 47.2 Å². The number of halogens is 2. The van der Waals surface area contributed by atoms with Gasteiger partial charge in [-0.15, -0.1) is 0 Å². The lowest BCUT2D eigenvalue weighted by molar-refractivity contribution is -0.309. The number of carbonyl (C=O) groups is 2. The first-order valence-corrected chi connectivity index (χ1v) is 9.29. The van der Waals surface area contributed by atoms with Crippen molar-refractivity contribution in [3.8, 4) is 11.3 Å². The van der Waals surface area contributed by atoms with Crippen LogP contribution in [0.25, 0.3) is 17.4 Å². The lowest BCUT2D eigenvalue weighted by Crippen LogP contribution is -2.48. The third kappa shape index (κ3) is 3.66. The summed E-state index contributed by atoms with van der Waals surface area (Å²) in [5.41, 5.74) is 0.733. The third-order valence-electron chi connectivity index (χ3n) is 3.66. The zero-order valence-corrected chi connectivity index (χ0v) is 16.3. The number of amides is 1. The Balaban J connectivity index is 1.86. The Morgan fingerprint density at radius 3 is 2.69 bits per heavy atom. The second kappa shape index (κ2) is 7.44. The van der Waals surface area contributed by atoms with E-state index in [-0.39, 0.29) is 9.23 Å². The number of furan rings is 1. The van der Waals surface area contributed by atoms with E-state index < -0.39 is 17.9 Å². The molecule has 26 heavy (non-hydrogen) atoms. The van der Waals surface area contributed by atoms with E-state index in [2.05, 4.69) is 0 Å². The van der Waals surface area contributed by atoms with E-state index in [0.29, 0.717) is 21.6 Å². The maximum atomic E-state index is 12.4. The van der Waals surface area contributed by atoms with Crippen LogP contribution in [-0.2, 0) is 9.59 Å². The summed E-state index contributed by atoms with van der Waals surface area (Å²) in [6, 6.07) is 7.37. The SMILES string of the molecule is C[C@@H](C(=O)[O-])N1C(=O)/C(=C\c2ccc(-c3ccc(Cl)c(Cl)c3)o2)SC1=S. The highest BCUT2D eigenvalue weighted by molar-refractivity contribution is 8.26. The fourth-order valence-corrected chi connectivity index (χ4v) is 3.98. The number of nitrogens with zero attached hydrogens (tertiary/aromatic N) is 1. The molecule has 1 aromatic carbocycles. The number of carbonyl (C=O) groups excluding carboxylic acids is 2. The number of hydrogen-bond donors (Lipinski definition) is 0. The molecule has 1 aliphatic heterocycles. The number of hydrogen-bond acceptors (Lipinski definition) is 6. The van der Waals surface area contributed by atoms with E-state index in [1.807, 2.05) is 0 Å². The molecule has 1 saturated heterocycles. The van der Waals surface area contributed by atoms with Crippen LogP contribution in [0.3, 0.4) is 0 Å². The fraction of sp³-hybridized carbons (Fsp3) is 0.118. The number of carboxylic acids is 1. The molecule has 1 atom stereocenters. The molecular formula is C17H10Cl2NO4S2-. The average molecular weight is 427 g/mol. The van der Waals surface area contributed by atoms with Crippen LogP contribution in [0.15, 0.2) is 39.7 Å². The first-order chi connectivity index (χ1) is 12.3. The van der Waals surface area contributed by atoms with E-state index in [1.165, 1.54) is 13.0 Å². The molecule has 5 nitrogen and oxygen atoms in total. The second-order valence-electron chi connectivity index (χ2n) is 5.38. The molecule has 134 valence electrons. The molecule has 1 aromatic heterocycles. The van der Waals surface area contributed by atoms with Gasteiger partial charge in [0.2, 0.25) is 0 Å². The lowest BCUT2D eigenvalue weighted by Gasteiger charge is -2.23. The van der Waals surface area contributed by atoms with Crippen molar-refractivity contribution in [3.63, 3.8) is 0 Å². The van der Waals surface area contributed by atoms with Crippen molar-refractivity contribution >= 4 is 69.5 Å². The maximum absolute atomic E-state index is 12.4. The molecule has 0 saturated carbocycles. The van der Waals surface area contributed by atoms with Gasteiger partial charge in [-0.3, -0.25) is 9.69 Å². The quantitative estimate of drug-likeness (QED) is 0.549. The Hall–Kier alpha value is -1.80. The number of rotatable bonds is 4. The Kier molecular flexibility index (Phi) is 5.43. The van der Waals surface area contributed by atoms with E-state index in [9.17, 15) is 14.7 Å². The molecule has 0 unspecified atom stereocenters. The van der Waals surface area contributed by atoms with Gasteiger partial charge < -0.3 is 14.3 Å². The summed E-state index contributed by atoms with van der Waals surface area (Å²) in [7, 11) is 0. The smallest absolute Gasteiger partial charge is 0.266 e. The topological polar surface area (TPSA) is 73.6 Å². The minimum Gasteiger partial charge on any atom is -0.548 e. The van der Waals surface area contributed by atoms with Gasteiger partial charge in [0, 0.05) is 11.6 Å². The van der Waals surface area contributed by atoms with Gasteiger partial charge in [-0.25, -0.2) is 0 Å². The summed E-state index contributed by atoms with van der Waals surface area (Å²) < 4.78 is 5.88. The van der Waals surface area contributed by atoms with Crippen LogP contribution in [0.2, 0.25) is 10.0 Å². The van der Waals surface area contributed by atoms with E-state index in [1.54, 1.807) is 30.3 Å². The fourth-order valence-electron chi connectivity index (χ4n) is 2.28. The van der Waals surface area contributed by atoms with Gasteiger partial charge in [0.1, 0.15) is 15.8 Å². The maximum Gasteiger partial charge on any atom is 0.266 e. The standard InChI is InChI=1S/C17H11Cl2NO4S2/c1-8(16(22)23)20-15(21)14(26-17(20)25)7-10-3-5-13(24-10)9-2-4-11(18)12(19)6-9/h2-8H,1H3,(H,22,23)/p-1/b14-7+/t8-/m0/s1. The summed E-state index contributed by atoms with van der Waals surface area (Å²) in [5, 5.41) is 11.9. The van der Waals surface area contributed by atoms with Crippen molar-refractivity contribution in [2.45, 2.75) is 13.0 Å². The van der Waals surface area contributed by atoms with Gasteiger partial charge in [0.05, 0.1) is 27.0 Å². The van der Waals surface area contributed by atoms with E-state index in [4.69, 9.17) is 39.8 Å². The van der Waals surface area contributed by atoms with Crippen molar-refractivity contribution in [2.75, 3.05) is 0 Å². The minimum atomic E-state index is -1.37. The summed E-state index contributed by atoms with van der Waals surface area (Å²) in [6.07, 6.45) is 1.52. The largest absolute Gasteiger partial charge is 0.548 e. The Bertz CT molecular complexity index is 954. The van der Waals surface area contributed by atoms with Crippen molar-refractivity contribution in [3.05, 3.63) is 51.0 Å². The van der Waals surface area contributed by atoms with Gasteiger partial charge >= 0.3 is 0 Å². The summed E-state index contributed by atoms with van der Waals surface area (Å²) in [6.45, 7) is 1.35. The van der Waals surface area contributed by atoms with E-state index in [0.717, 1.165) is 22.2 Å². The normalized spacial score (nSPS) is 17.2. The third-order valence-corrected chi connectivity index (χ3v) is 5.73. The highest BCUT2D eigenvalue weighted by atomic mass is 35.5. The zero-order chi connectivity index (χ0) is 19.0. The molecule has 1 fully saturated rings. The summed E-state index contributed by atoms with van der Waals surface area (Å²) in [4.78, 5) is 24.7. The first kappa shape index (κ1) is 19.0. The molecule has 0 spiro atoms. The van der Waals surface area contributed by atoms with Gasteiger partial charge in [0.25, 0.3) is 5.91 Å². The van der Waals surface area contributed by atoms with Crippen LogP contribution in [0.1, 0.15) is 12.7 Å². The lowest BCUT2D eigenvalue weighted by atomic mass is 10.2. The monoisotopic (exact) mass is 426 g/mol. The average Bonchev–Trinajstić information content (AvgIpc) is 3.15. The van der Waals surface area contributed by atoms with Crippen molar-refractivity contribution in [1.29, 1.82) is 0 Å². The van der Waals surface area contributed by atoms with Crippen molar-refractivity contribution < 1.29 is 19.1 Å². The van der Waals surface area contributed by atoms with Gasteiger partial charge in [-0.05, 0) is 37.3 Å². The van der Waals surface area contributed by atoms with Crippen LogP contribution in [-0.4, -0.2) is 27.1 Å². The number of thiocarbonyl (C=S) groups is 1. The predicted molar refractivity (Wildman–Crippen MR) is 104 cm³/mol. The van der Waals surface area contributed by atoms with Crippen molar-refractivity contribution in [2.24, 2.45) is 0 Å². The van der Waals surface area contributed by atoms with Crippen LogP contribution in [0.4, 0.5) is 0 Å². The Labute approximate surface area is 168 Å². The first-order valence-electron chi connectivity index (χ1n) is 7.31. The molecule has 1 aliphatic rings. The van der Waals surface area contributed by atoms with Crippen molar-refractivity contribution in [1.82, 2.24) is 4.90 Å². The Morgan fingerprint density at radius 1 is 1.31 bits per heavy atom. The van der Waals surface area contributed by atoms with Gasteiger partial charge in [0.15, 0.2) is 0 Å². The van der Waals surface area contributed by atoms with Crippen LogP contribution in [0, 0.1) is 0 Å². The molecule has 1 amide bonds. The molecule has 0 aliphatic carbocycles. The molecule has 0 bridgehead atoms. The number of aliphatic carboxylic acids is 1. The Morgan fingerprint density at radius 2 is 2.04 bits per heavy atom. The van der Waals surface area contributed by atoms with Crippen LogP contribution < -0.4 is 5.11 Å². The van der Waals surface area contributed by atoms with Gasteiger partial charge in [-0.2, -0.15) is 0 Å². The zero-order valence-electron chi connectivity index (χ0n) is 13.2. The molecule has 0 N–H and O–H groups in total. The molecule has 2 heterocycles. The van der Waals surface area contributed by atoms with Gasteiger partial charge in [-0.1, -0.05) is 47.2 Å². The molecule has 3 rings (SSSR count). The molecule has 9 heteroatoms. The molecular weight excluding hydrogens is 417 g/mol. The number of benzene rings is 1. The molecule has 2 aromatic rings. The predicted octanol–water partition coefficient (Wildman–Crippen LogP) is 3.59. The minimum absolute atomic E-state index is 0.161. The second-order valence-corrected chi connectivity index (χ2v) is 7.87. The van der Waals surface area contributed by atoms with E-state index >= 15 is 0 Å². The summed E-state index contributed by atoms with van der Waals surface area (Å²) in [5.74, 6) is -0.896.